The summed E-state index contributed by atoms with van der Waals surface area (Å²) in [5, 5.41) is 9.34. The van der Waals surface area contributed by atoms with E-state index in [9.17, 15) is 28.0 Å². The minimum atomic E-state index is -4.50. The molecule has 33 heavy (non-hydrogen) atoms. The fourth-order valence-electron chi connectivity index (χ4n) is 6.08. The number of carbonyl (C=O) groups is 2. The lowest BCUT2D eigenvalue weighted by atomic mass is 9.99. The monoisotopic (exact) mass is 461 g/mol. The molecule has 3 heterocycles. The molecule has 0 spiro atoms. The Hall–Kier alpha value is -2.64. The number of halogens is 3. The van der Waals surface area contributed by atoms with E-state index in [0.29, 0.717) is 25.3 Å². The van der Waals surface area contributed by atoms with Crippen LogP contribution in [0.1, 0.15) is 43.4 Å². The Bertz CT molecular complexity index is 1020. The molecule has 176 valence electrons. The summed E-state index contributed by atoms with van der Waals surface area (Å²) < 4.78 is 40.5. The Morgan fingerprint density at radius 2 is 2.00 bits per heavy atom. The van der Waals surface area contributed by atoms with Crippen molar-refractivity contribution in [2.75, 3.05) is 13.1 Å². The molecule has 1 aliphatic carbocycles. The smallest absolute Gasteiger partial charge is 0.330 e. The lowest BCUT2D eigenvalue weighted by molar-refractivity contribution is -0.143. The van der Waals surface area contributed by atoms with E-state index in [2.05, 4.69) is 6.07 Å². The number of alkyl halides is 3. The van der Waals surface area contributed by atoms with Crippen LogP contribution in [0.3, 0.4) is 0 Å². The van der Waals surface area contributed by atoms with Crippen LogP contribution in [0.25, 0.3) is 0 Å². The van der Waals surface area contributed by atoms with Crippen molar-refractivity contribution in [3.05, 3.63) is 35.4 Å². The van der Waals surface area contributed by atoms with Crippen LogP contribution in [0.15, 0.2) is 24.3 Å². The highest BCUT2D eigenvalue weighted by Gasteiger charge is 2.56. The van der Waals surface area contributed by atoms with E-state index < -0.39 is 35.9 Å². The van der Waals surface area contributed by atoms with Gasteiger partial charge in [-0.25, -0.2) is 0 Å². The second-order valence-electron chi connectivity index (χ2n) is 9.66. The number of nitrogens with two attached hydrogens (primary N) is 1. The molecule has 1 aromatic rings. The molecule has 10 heteroatoms. The minimum absolute atomic E-state index is 0.0832. The van der Waals surface area contributed by atoms with Crippen molar-refractivity contribution in [2.45, 2.75) is 68.6 Å². The number of nitriles is 1. The topological polar surface area (TPSA) is 93.7 Å². The van der Waals surface area contributed by atoms with Crippen molar-refractivity contribution in [1.82, 2.24) is 14.7 Å². The maximum absolute atomic E-state index is 13.5. The fraction of sp³-hybridized carbons (Fsp3) is 0.609. The number of likely N-dealkylation sites (tertiary alicyclic amines) is 3. The van der Waals surface area contributed by atoms with Crippen molar-refractivity contribution in [3.63, 3.8) is 0 Å². The molecule has 1 saturated carbocycles. The maximum Gasteiger partial charge on any atom is 0.416 e. The van der Waals surface area contributed by atoms with Crippen LogP contribution in [-0.4, -0.2) is 69.8 Å². The number of fused-ring (bicyclic) bond motifs is 3. The zero-order valence-corrected chi connectivity index (χ0v) is 18.2. The van der Waals surface area contributed by atoms with Crippen LogP contribution in [0.5, 0.6) is 0 Å². The Labute approximate surface area is 189 Å². The summed E-state index contributed by atoms with van der Waals surface area (Å²) in [5.41, 5.74) is 5.57. The normalized spacial score (nSPS) is 32.6. The van der Waals surface area contributed by atoms with Crippen molar-refractivity contribution in [2.24, 2.45) is 11.7 Å². The highest BCUT2D eigenvalue weighted by molar-refractivity contribution is 5.87. The largest absolute Gasteiger partial charge is 0.416 e. The third kappa shape index (κ3) is 3.58. The van der Waals surface area contributed by atoms with Gasteiger partial charge < -0.3 is 15.5 Å². The molecule has 1 aromatic carbocycles. The molecule has 2 amide bonds. The highest BCUT2D eigenvalue weighted by atomic mass is 19.4. The van der Waals surface area contributed by atoms with Crippen LogP contribution >= 0.6 is 0 Å². The summed E-state index contributed by atoms with van der Waals surface area (Å²) in [7, 11) is 0. The lowest BCUT2D eigenvalue weighted by Crippen LogP contribution is -2.57. The third-order valence-electron chi connectivity index (χ3n) is 7.70. The second kappa shape index (κ2) is 7.71. The Balaban J connectivity index is 1.26. The number of hydrogen-bond donors (Lipinski definition) is 1. The van der Waals surface area contributed by atoms with Crippen LogP contribution in [0.4, 0.5) is 13.2 Å². The summed E-state index contributed by atoms with van der Waals surface area (Å²) >= 11 is 0. The first-order valence-corrected chi connectivity index (χ1v) is 11.3. The molecular weight excluding hydrogens is 435 g/mol. The van der Waals surface area contributed by atoms with E-state index >= 15 is 0 Å². The summed E-state index contributed by atoms with van der Waals surface area (Å²) in [6.07, 6.45) is -2.38. The van der Waals surface area contributed by atoms with Gasteiger partial charge in [0.05, 0.1) is 29.8 Å². The van der Waals surface area contributed by atoms with Gasteiger partial charge in [0, 0.05) is 25.2 Å². The van der Waals surface area contributed by atoms with Gasteiger partial charge in [-0.1, -0.05) is 18.2 Å². The minimum Gasteiger partial charge on any atom is -0.330 e. The zero-order valence-electron chi connectivity index (χ0n) is 18.2. The van der Waals surface area contributed by atoms with Gasteiger partial charge in [0.15, 0.2) is 0 Å². The molecule has 0 aromatic heterocycles. The summed E-state index contributed by atoms with van der Waals surface area (Å²) in [6, 6.07) is 4.93. The van der Waals surface area contributed by atoms with E-state index in [1.54, 1.807) is 22.8 Å². The van der Waals surface area contributed by atoms with E-state index in [1.807, 2.05) is 4.90 Å². The second-order valence-corrected chi connectivity index (χ2v) is 9.66. The fourth-order valence-corrected chi connectivity index (χ4v) is 6.08. The summed E-state index contributed by atoms with van der Waals surface area (Å²) in [4.78, 5) is 31.1. The van der Waals surface area contributed by atoms with E-state index in [4.69, 9.17) is 5.73 Å². The molecule has 7 nitrogen and oxygen atoms in total. The van der Waals surface area contributed by atoms with Crippen molar-refractivity contribution in [3.8, 4) is 6.07 Å². The van der Waals surface area contributed by atoms with Gasteiger partial charge in [-0.05, 0) is 43.7 Å². The number of piperazine rings is 1. The predicted molar refractivity (Wildman–Crippen MR) is 111 cm³/mol. The van der Waals surface area contributed by atoms with Crippen LogP contribution < -0.4 is 5.73 Å². The summed E-state index contributed by atoms with van der Waals surface area (Å²) in [6.45, 7) is 2.28. The predicted octanol–water partition coefficient (Wildman–Crippen LogP) is 1.89. The van der Waals surface area contributed by atoms with E-state index in [-0.39, 0.29) is 36.0 Å². The maximum atomic E-state index is 13.5. The Kier molecular flexibility index (Phi) is 5.18. The first kappa shape index (κ1) is 22.2. The van der Waals surface area contributed by atoms with Gasteiger partial charge in [-0.3, -0.25) is 14.5 Å². The molecule has 0 radical (unpaired) electrons. The molecule has 4 fully saturated rings. The van der Waals surface area contributed by atoms with Crippen molar-refractivity contribution >= 4 is 11.8 Å². The number of carbonyl (C=O) groups excluding carboxylic acids is 2. The molecule has 2 N–H and O–H groups in total. The van der Waals surface area contributed by atoms with Gasteiger partial charge in [0.1, 0.15) is 6.04 Å². The molecule has 5 rings (SSSR count). The van der Waals surface area contributed by atoms with Crippen LogP contribution in [0, 0.1) is 17.2 Å². The summed E-state index contributed by atoms with van der Waals surface area (Å²) in [5.74, 6) is -0.0930. The molecular formula is C23H26F3N5O2. The zero-order chi connectivity index (χ0) is 23.7. The van der Waals surface area contributed by atoms with Gasteiger partial charge in [-0.15, -0.1) is 0 Å². The SMILES string of the molecule is C[C@H](c1ccccc1C(F)(F)F)N1C(=O)[C@@H]2CC1CN2C[C@H](N)C(=O)N1[C@H](C#N)CC2C[C@@H]21. The number of hydrogen-bond acceptors (Lipinski definition) is 5. The van der Waals surface area contributed by atoms with Crippen LogP contribution in [-0.2, 0) is 15.8 Å². The average Bonchev–Trinajstić information content (AvgIpc) is 3.11. The number of nitrogens with zero attached hydrogens (tertiary/aromatic N) is 4. The molecule has 4 aliphatic rings. The Morgan fingerprint density at radius 3 is 2.67 bits per heavy atom. The number of amides is 2. The lowest BCUT2D eigenvalue weighted by Gasteiger charge is -2.39. The quantitative estimate of drug-likeness (QED) is 0.723. The van der Waals surface area contributed by atoms with Gasteiger partial charge in [0.25, 0.3) is 0 Å². The van der Waals surface area contributed by atoms with Gasteiger partial charge in [-0.2, -0.15) is 18.4 Å². The number of rotatable bonds is 5. The highest BCUT2D eigenvalue weighted by Crippen LogP contribution is 2.48. The first-order chi connectivity index (χ1) is 15.6. The molecule has 3 aliphatic heterocycles. The molecule has 3 saturated heterocycles. The van der Waals surface area contributed by atoms with E-state index in [0.717, 1.165) is 12.5 Å². The third-order valence-corrected chi connectivity index (χ3v) is 7.70. The first-order valence-electron chi connectivity index (χ1n) is 11.3. The van der Waals surface area contributed by atoms with Crippen molar-refractivity contribution < 1.29 is 22.8 Å². The van der Waals surface area contributed by atoms with Crippen LogP contribution in [0.2, 0.25) is 0 Å². The van der Waals surface area contributed by atoms with Gasteiger partial charge in [0.2, 0.25) is 11.8 Å². The molecule has 2 bridgehead atoms. The number of piperidine rings is 1. The Morgan fingerprint density at radius 1 is 1.27 bits per heavy atom. The van der Waals surface area contributed by atoms with Gasteiger partial charge >= 0.3 is 6.18 Å². The van der Waals surface area contributed by atoms with Crippen molar-refractivity contribution in [1.29, 1.82) is 5.26 Å². The number of benzene rings is 1. The van der Waals surface area contributed by atoms with E-state index in [1.165, 1.54) is 12.1 Å². The molecule has 7 atom stereocenters. The standard InChI is InChI=1S/C23H26F3N5O2/c1-12(16-4-2-3-5-17(16)23(24,25)26)30-15-8-20(22(30)33)29(10-15)11-18(28)21(32)31-14(9-27)6-13-7-19(13)31/h2-5,12-15,18-20H,6-8,10-11,28H2,1H3/t12-,13?,14+,15?,18+,19+,20+/m1/s1. The molecule has 2 unspecified atom stereocenters. The average molecular weight is 461 g/mol.